The number of hydrogen-bond donors (Lipinski definition) is 0. The summed E-state index contributed by atoms with van der Waals surface area (Å²) in [5.74, 6) is 0.742. The van der Waals surface area contributed by atoms with Crippen molar-refractivity contribution in [1.29, 1.82) is 0 Å². The van der Waals surface area contributed by atoms with Gasteiger partial charge in [-0.15, -0.1) is 0 Å². The molecule has 18 heavy (non-hydrogen) atoms. The van der Waals surface area contributed by atoms with Gasteiger partial charge >= 0.3 is 0 Å². The van der Waals surface area contributed by atoms with Gasteiger partial charge in [-0.05, 0) is 26.8 Å². The Hall–Kier alpha value is -2.17. The number of nitrogens with zero attached hydrogens (tertiary/aromatic N) is 5. The summed E-state index contributed by atoms with van der Waals surface area (Å²) in [5.41, 5.74) is 4.07. The maximum Gasteiger partial charge on any atom is 0.234 e. The van der Waals surface area contributed by atoms with Crippen molar-refractivity contribution in [2.45, 2.75) is 27.3 Å². The van der Waals surface area contributed by atoms with Crippen LogP contribution >= 0.6 is 0 Å². The van der Waals surface area contributed by atoms with E-state index in [-0.39, 0.29) is 0 Å². The minimum atomic E-state index is 0.742. The third kappa shape index (κ3) is 1.68. The molecule has 3 aromatic rings. The molecular formula is C13H15N5. The van der Waals surface area contributed by atoms with Crippen LogP contribution in [0.3, 0.4) is 0 Å². The van der Waals surface area contributed by atoms with Gasteiger partial charge in [0, 0.05) is 35.9 Å². The summed E-state index contributed by atoms with van der Waals surface area (Å²) in [6.45, 7) is 6.97. The Morgan fingerprint density at radius 2 is 2.00 bits per heavy atom. The van der Waals surface area contributed by atoms with Crippen LogP contribution in [0.15, 0.2) is 24.7 Å². The van der Waals surface area contributed by atoms with Crippen molar-refractivity contribution in [3.05, 3.63) is 36.0 Å². The fraction of sp³-hybridized carbons (Fsp3) is 0.308. The Morgan fingerprint density at radius 1 is 1.17 bits per heavy atom. The second kappa shape index (κ2) is 3.94. The van der Waals surface area contributed by atoms with Gasteiger partial charge in [-0.2, -0.15) is 5.10 Å². The highest BCUT2D eigenvalue weighted by atomic mass is 15.3. The summed E-state index contributed by atoms with van der Waals surface area (Å²) in [6, 6.07) is 2.05. The largest absolute Gasteiger partial charge is 0.288 e. The first-order valence-corrected chi connectivity index (χ1v) is 6.03. The molecule has 3 aromatic heterocycles. The topological polar surface area (TPSA) is 48.0 Å². The second-order valence-electron chi connectivity index (χ2n) is 4.42. The fourth-order valence-corrected chi connectivity index (χ4v) is 2.08. The normalized spacial score (nSPS) is 11.3. The number of imidazole rings is 1. The van der Waals surface area contributed by atoms with E-state index in [9.17, 15) is 0 Å². The van der Waals surface area contributed by atoms with Crippen LogP contribution in [0.1, 0.15) is 18.3 Å². The van der Waals surface area contributed by atoms with Crippen molar-refractivity contribution in [3.63, 3.8) is 0 Å². The summed E-state index contributed by atoms with van der Waals surface area (Å²) >= 11 is 0. The van der Waals surface area contributed by atoms with Gasteiger partial charge in [0.15, 0.2) is 0 Å². The standard InChI is InChI=1S/C13H15N5/c1-4-17-7-11(6-14-17)12-8-18-10(3)5-9(2)15-13(18)16-12/h5-8H,4H2,1-3H3. The minimum absolute atomic E-state index is 0.742. The van der Waals surface area contributed by atoms with Crippen molar-refractivity contribution >= 4 is 5.78 Å². The summed E-state index contributed by atoms with van der Waals surface area (Å²) in [7, 11) is 0. The van der Waals surface area contributed by atoms with E-state index in [0.29, 0.717) is 0 Å². The fourth-order valence-electron chi connectivity index (χ4n) is 2.08. The van der Waals surface area contributed by atoms with E-state index in [1.54, 1.807) is 0 Å². The SMILES string of the molecule is CCn1cc(-c2cn3c(C)cc(C)nc3n2)cn1. The highest BCUT2D eigenvalue weighted by molar-refractivity contribution is 5.59. The lowest BCUT2D eigenvalue weighted by Crippen LogP contribution is -1.94. The van der Waals surface area contributed by atoms with E-state index >= 15 is 0 Å². The van der Waals surface area contributed by atoms with E-state index in [1.165, 1.54) is 0 Å². The lowest BCUT2D eigenvalue weighted by Gasteiger charge is -1.98. The third-order valence-electron chi connectivity index (χ3n) is 3.01. The van der Waals surface area contributed by atoms with Gasteiger partial charge in [0.05, 0.1) is 11.9 Å². The average molecular weight is 241 g/mol. The van der Waals surface area contributed by atoms with Gasteiger partial charge in [-0.3, -0.25) is 9.08 Å². The summed E-state index contributed by atoms with van der Waals surface area (Å²) in [6.07, 6.45) is 5.85. The zero-order chi connectivity index (χ0) is 12.7. The van der Waals surface area contributed by atoms with Crippen LogP contribution in [0.4, 0.5) is 0 Å². The maximum atomic E-state index is 4.55. The van der Waals surface area contributed by atoms with E-state index in [2.05, 4.69) is 28.9 Å². The Labute approximate surface area is 105 Å². The second-order valence-corrected chi connectivity index (χ2v) is 4.42. The Kier molecular flexibility index (Phi) is 2.40. The molecule has 0 fully saturated rings. The first-order valence-electron chi connectivity index (χ1n) is 6.03. The first-order chi connectivity index (χ1) is 8.67. The highest BCUT2D eigenvalue weighted by Gasteiger charge is 2.09. The van der Waals surface area contributed by atoms with Crippen molar-refractivity contribution in [2.24, 2.45) is 0 Å². The number of rotatable bonds is 2. The van der Waals surface area contributed by atoms with Crippen molar-refractivity contribution in [3.8, 4) is 11.3 Å². The van der Waals surface area contributed by atoms with Crippen molar-refractivity contribution < 1.29 is 0 Å². The minimum Gasteiger partial charge on any atom is -0.288 e. The molecule has 0 saturated heterocycles. The van der Waals surface area contributed by atoms with E-state index < -0.39 is 0 Å². The number of fused-ring (bicyclic) bond motifs is 1. The van der Waals surface area contributed by atoms with Crippen LogP contribution in [-0.4, -0.2) is 24.1 Å². The zero-order valence-electron chi connectivity index (χ0n) is 10.8. The van der Waals surface area contributed by atoms with E-state index in [0.717, 1.165) is 35.0 Å². The van der Waals surface area contributed by atoms with Crippen LogP contribution in [0.25, 0.3) is 17.0 Å². The Morgan fingerprint density at radius 3 is 2.72 bits per heavy atom. The van der Waals surface area contributed by atoms with Crippen molar-refractivity contribution in [2.75, 3.05) is 0 Å². The lowest BCUT2D eigenvalue weighted by molar-refractivity contribution is 0.660. The predicted molar refractivity (Wildman–Crippen MR) is 69.4 cm³/mol. The molecule has 0 aliphatic rings. The van der Waals surface area contributed by atoms with Gasteiger partial charge in [0.25, 0.3) is 0 Å². The van der Waals surface area contributed by atoms with Gasteiger partial charge in [0.1, 0.15) is 0 Å². The summed E-state index contributed by atoms with van der Waals surface area (Å²) in [5, 5.41) is 4.27. The lowest BCUT2D eigenvalue weighted by atomic mass is 10.3. The number of aromatic nitrogens is 5. The molecule has 0 aromatic carbocycles. The summed E-state index contributed by atoms with van der Waals surface area (Å²) < 4.78 is 3.90. The molecule has 0 spiro atoms. The van der Waals surface area contributed by atoms with Gasteiger partial charge in [0.2, 0.25) is 5.78 Å². The van der Waals surface area contributed by atoms with Crippen LogP contribution in [0, 0.1) is 13.8 Å². The molecular weight excluding hydrogens is 226 g/mol. The van der Waals surface area contributed by atoms with E-state index in [1.807, 2.05) is 40.7 Å². The molecule has 0 radical (unpaired) electrons. The molecule has 92 valence electrons. The average Bonchev–Trinajstić information content (AvgIpc) is 2.93. The smallest absolute Gasteiger partial charge is 0.234 e. The molecule has 0 amide bonds. The Balaban J connectivity index is 2.16. The molecule has 5 nitrogen and oxygen atoms in total. The monoisotopic (exact) mass is 241 g/mol. The third-order valence-corrected chi connectivity index (χ3v) is 3.01. The van der Waals surface area contributed by atoms with Gasteiger partial charge in [-0.25, -0.2) is 9.97 Å². The van der Waals surface area contributed by atoms with Gasteiger partial charge < -0.3 is 0 Å². The van der Waals surface area contributed by atoms with Gasteiger partial charge in [-0.1, -0.05) is 0 Å². The van der Waals surface area contributed by atoms with E-state index in [4.69, 9.17) is 0 Å². The molecule has 3 heterocycles. The highest BCUT2D eigenvalue weighted by Crippen LogP contribution is 2.19. The Bertz CT molecular complexity index is 707. The first kappa shape index (κ1) is 11.0. The molecule has 0 N–H and O–H groups in total. The molecule has 3 rings (SSSR count). The number of hydrogen-bond acceptors (Lipinski definition) is 3. The molecule has 0 atom stereocenters. The van der Waals surface area contributed by atoms with Crippen LogP contribution in [-0.2, 0) is 6.54 Å². The maximum absolute atomic E-state index is 4.55. The predicted octanol–water partition coefficient (Wildman–Crippen LogP) is 2.23. The number of aryl methyl sites for hydroxylation is 3. The molecule has 0 aliphatic heterocycles. The zero-order valence-corrected chi connectivity index (χ0v) is 10.8. The molecule has 0 saturated carbocycles. The molecule has 0 bridgehead atoms. The molecule has 0 aliphatic carbocycles. The molecule has 5 heteroatoms. The van der Waals surface area contributed by atoms with Crippen LogP contribution < -0.4 is 0 Å². The summed E-state index contributed by atoms with van der Waals surface area (Å²) in [4.78, 5) is 8.99. The van der Waals surface area contributed by atoms with Crippen LogP contribution in [0.2, 0.25) is 0 Å². The van der Waals surface area contributed by atoms with Crippen molar-refractivity contribution in [1.82, 2.24) is 24.1 Å². The quantitative estimate of drug-likeness (QED) is 0.691. The molecule has 0 unspecified atom stereocenters. The van der Waals surface area contributed by atoms with Crippen LogP contribution in [0.5, 0.6) is 0 Å².